The first kappa shape index (κ1) is 14.4. The zero-order chi connectivity index (χ0) is 14.5. The van der Waals surface area contributed by atoms with E-state index in [1.807, 2.05) is 0 Å². The number of nitrogens with zero attached hydrogens (tertiary/aromatic N) is 1. The molecule has 0 saturated carbocycles. The number of aromatic hydroxyl groups is 1. The van der Waals surface area contributed by atoms with E-state index in [0.29, 0.717) is 25.3 Å². The van der Waals surface area contributed by atoms with Gasteiger partial charge in [-0.2, -0.15) is 0 Å². The predicted octanol–water partition coefficient (Wildman–Crippen LogP) is 1.81. The van der Waals surface area contributed by atoms with Crippen LogP contribution in [0, 0.1) is 5.92 Å². The SMILES string of the molecule is CCOC(=O)C1CCCN(C(=O)c2ccc(O)cc2)C1. The van der Waals surface area contributed by atoms with Crippen molar-refractivity contribution in [3.63, 3.8) is 0 Å². The standard InChI is InChI=1S/C15H19NO4/c1-2-20-15(19)12-4-3-9-16(10-12)14(18)11-5-7-13(17)8-6-11/h5-8,12,17H,2-4,9-10H2,1H3. The fraction of sp³-hybridized carbons (Fsp3) is 0.467. The van der Waals surface area contributed by atoms with Gasteiger partial charge in [-0.25, -0.2) is 0 Å². The Morgan fingerprint density at radius 2 is 2.05 bits per heavy atom. The van der Waals surface area contributed by atoms with Gasteiger partial charge in [0.15, 0.2) is 0 Å². The van der Waals surface area contributed by atoms with Gasteiger partial charge >= 0.3 is 5.97 Å². The highest BCUT2D eigenvalue weighted by Crippen LogP contribution is 2.20. The Morgan fingerprint density at radius 3 is 2.70 bits per heavy atom. The summed E-state index contributed by atoms with van der Waals surface area (Å²) >= 11 is 0. The van der Waals surface area contributed by atoms with Crippen LogP contribution in [-0.2, 0) is 9.53 Å². The van der Waals surface area contributed by atoms with E-state index in [1.54, 1.807) is 24.0 Å². The number of benzene rings is 1. The smallest absolute Gasteiger partial charge is 0.310 e. The highest BCUT2D eigenvalue weighted by Gasteiger charge is 2.29. The van der Waals surface area contributed by atoms with Crippen LogP contribution in [0.2, 0.25) is 0 Å². The minimum atomic E-state index is -0.232. The zero-order valence-corrected chi connectivity index (χ0v) is 11.5. The van der Waals surface area contributed by atoms with E-state index in [4.69, 9.17) is 4.74 Å². The molecule has 2 rings (SSSR count). The van der Waals surface area contributed by atoms with Gasteiger partial charge in [0.2, 0.25) is 0 Å². The number of piperidine rings is 1. The molecule has 5 nitrogen and oxygen atoms in total. The van der Waals surface area contributed by atoms with Crippen molar-refractivity contribution in [3.05, 3.63) is 29.8 Å². The molecular formula is C15H19NO4. The van der Waals surface area contributed by atoms with Gasteiger partial charge in [0.25, 0.3) is 5.91 Å². The first-order valence-corrected chi connectivity index (χ1v) is 6.86. The van der Waals surface area contributed by atoms with E-state index in [2.05, 4.69) is 0 Å². The van der Waals surface area contributed by atoms with Crippen molar-refractivity contribution >= 4 is 11.9 Å². The maximum absolute atomic E-state index is 12.3. The number of amides is 1. The molecule has 1 fully saturated rings. The van der Waals surface area contributed by atoms with E-state index >= 15 is 0 Å². The quantitative estimate of drug-likeness (QED) is 0.856. The van der Waals surface area contributed by atoms with Crippen LogP contribution in [0.4, 0.5) is 0 Å². The molecule has 0 spiro atoms. The van der Waals surface area contributed by atoms with E-state index in [1.165, 1.54) is 12.1 Å². The molecule has 1 atom stereocenters. The third-order valence-electron chi connectivity index (χ3n) is 3.44. The average molecular weight is 277 g/mol. The molecule has 1 N–H and O–H groups in total. The molecule has 0 bridgehead atoms. The lowest BCUT2D eigenvalue weighted by molar-refractivity contribution is -0.149. The molecule has 20 heavy (non-hydrogen) atoms. The molecule has 1 saturated heterocycles. The molecule has 1 heterocycles. The predicted molar refractivity (Wildman–Crippen MR) is 73.4 cm³/mol. The largest absolute Gasteiger partial charge is 0.508 e. The van der Waals surface area contributed by atoms with Gasteiger partial charge in [0, 0.05) is 18.7 Å². The fourth-order valence-corrected chi connectivity index (χ4v) is 2.40. The van der Waals surface area contributed by atoms with Crippen molar-refractivity contribution in [2.75, 3.05) is 19.7 Å². The summed E-state index contributed by atoms with van der Waals surface area (Å²) in [6, 6.07) is 6.15. The first-order valence-electron chi connectivity index (χ1n) is 6.86. The van der Waals surface area contributed by atoms with Crippen LogP contribution < -0.4 is 0 Å². The van der Waals surface area contributed by atoms with Gasteiger partial charge in [-0.1, -0.05) is 0 Å². The fourth-order valence-electron chi connectivity index (χ4n) is 2.40. The zero-order valence-electron chi connectivity index (χ0n) is 11.5. The van der Waals surface area contributed by atoms with Crippen molar-refractivity contribution in [3.8, 4) is 5.75 Å². The first-order chi connectivity index (χ1) is 9.61. The van der Waals surface area contributed by atoms with Gasteiger partial charge in [-0.05, 0) is 44.0 Å². The van der Waals surface area contributed by atoms with Crippen molar-refractivity contribution in [2.24, 2.45) is 5.92 Å². The third-order valence-corrected chi connectivity index (χ3v) is 3.44. The number of carbonyl (C=O) groups is 2. The number of hydrogen-bond donors (Lipinski definition) is 1. The van der Waals surface area contributed by atoms with Gasteiger partial charge in [0.1, 0.15) is 5.75 Å². The summed E-state index contributed by atoms with van der Waals surface area (Å²) in [4.78, 5) is 25.8. The Morgan fingerprint density at radius 1 is 1.35 bits per heavy atom. The van der Waals surface area contributed by atoms with Crippen LogP contribution in [0.3, 0.4) is 0 Å². The Kier molecular flexibility index (Phi) is 4.61. The molecule has 1 aromatic carbocycles. The van der Waals surface area contributed by atoms with E-state index in [-0.39, 0.29) is 23.5 Å². The number of ether oxygens (including phenoxy) is 1. The van der Waals surface area contributed by atoms with Crippen LogP contribution >= 0.6 is 0 Å². The summed E-state index contributed by atoms with van der Waals surface area (Å²) < 4.78 is 5.02. The minimum Gasteiger partial charge on any atom is -0.508 e. The van der Waals surface area contributed by atoms with Gasteiger partial charge in [0.05, 0.1) is 12.5 Å². The van der Waals surface area contributed by atoms with Crippen LogP contribution in [-0.4, -0.2) is 41.6 Å². The number of esters is 1. The molecule has 1 aliphatic rings. The molecule has 1 aliphatic heterocycles. The maximum atomic E-state index is 12.3. The Bertz CT molecular complexity index is 483. The molecule has 1 unspecified atom stereocenters. The number of phenolic OH excluding ortho intramolecular Hbond substituents is 1. The summed E-state index contributed by atoms with van der Waals surface area (Å²) in [5.41, 5.74) is 0.521. The van der Waals surface area contributed by atoms with E-state index in [9.17, 15) is 14.7 Å². The molecule has 1 aromatic rings. The molecular weight excluding hydrogens is 258 g/mol. The number of rotatable bonds is 3. The van der Waals surface area contributed by atoms with Crippen molar-refractivity contribution in [1.29, 1.82) is 0 Å². The molecule has 108 valence electrons. The number of likely N-dealkylation sites (tertiary alicyclic amines) is 1. The van der Waals surface area contributed by atoms with Crippen molar-refractivity contribution in [1.82, 2.24) is 4.90 Å². The van der Waals surface area contributed by atoms with Crippen LogP contribution in [0.25, 0.3) is 0 Å². The summed E-state index contributed by atoms with van der Waals surface area (Å²) in [6.07, 6.45) is 1.56. The normalized spacial score (nSPS) is 18.6. The van der Waals surface area contributed by atoms with Crippen molar-refractivity contribution < 1.29 is 19.4 Å². The van der Waals surface area contributed by atoms with E-state index < -0.39 is 0 Å². The molecule has 0 aromatic heterocycles. The van der Waals surface area contributed by atoms with E-state index in [0.717, 1.165) is 12.8 Å². The Labute approximate surface area is 118 Å². The second kappa shape index (κ2) is 6.41. The summed E-state index contributed by atoms with van der Waals surface area (Å²) in [7, 11) is 0. The van der Waals surface area contributed by atoms with Crippen molar-refractivity contribution in [2.45, 2.75) is 19.8 Å². The molecule has 0 radical (unpaired) electrons. The molecule has 1 amide bonds. The van der Waals surface area contributed by atoms with Crippen LogP contribution in [0.15, 0.2) is 24.3 Å². The number of phenols is 1. The van der Waals surface area contributed by atoms with Gasteiger partial charge in [-0.3, -0.25) is 9.59 Å². The molecule has 0 aliphatic carbocycles. The second-order valence-corrected chi connectivity index (χ2v) is 4.89. The van der Waals surface area contributed by atoms with Crippen LogP contribution in [0.1, 0.15) is 30.1 Å². The topological polar surface area (TPSA) is 66.8 Å². The highest BCUT2D eigenvalue weighted by atomic mass is 16.5. The van der Waals surface area contributed by atoms with Gasteiger partial charge in [-0.15, -0.1) is 0 Å². The lowest BCUT2D eigenvalue weighted by Crippen LogP contribution is -2.42. The third kappa shape index (κ3) is 3.29. The average Bonchev–Trinajstić information content (AvgIpc) is 2.48. The summed E-state index contributed by atoms with van der Waals surface area (Å²) in [5, 5.41) is 9.24. The maximum Gasteiger partial charge on any atom is 0.310 e. The number of carbonyl (C=O) groups excluding carboxylic acids is 2. The summed E-state index contributed by atoms with van der Waals surface area (Å²) in [6.45, 7) is 3.19. The lowest BCUT2D eigenvalue weighted by atomic mass is 9.97. The highest BCUT2D eigenvalue weighted by molar-refractivity contribution is 5.94. The number of hydrogen-bond acceptors (Lipinski definition) is 4. The monoisotopic (exact) mass is 277 g/mol. The molecule has 5 heteroatoms. The van der Waals surface area contributed by atoms with Crippen LogP contribution in [0.5, 0.6) is 5.75 Å². The Balaban J connectivity index is 2.03. The lowest BCUT2D eigenvalue weighted by Gasteiger charge is -2.31. The minimum absolute atomic E-state index is 0.112. The van der Waals surface area contributed by atoms with Gasteiger partial charge < -0.3 is 14.7 Å². The summed E-state index contributed by atoms with van der Waals surface area (Å²) in [5.74, 6) is -0.441. The second-order valence-electron chi connectivity index (χ2n) is 4.89. The Hall–Kier alpha value is -2.04.